The molecule has 3 rings (SSSR count). The van der Waals surface area contributed by atoms with Gasteiger partial charge >= 0.3 is 0 Å². The molecule has 0 bridgehead atoms. The van der Waals surface area contributed by atoms with Crippen LogP contribution in [0.2, 0.25) is 0 Å². The van der Waals surface area contributed by atoms with Gasteiger partial charge in [-0.15, -0.1) is 0 Å². The molecule has 128 valence electrons. The van der Waals surface area contributed by atoms with E-state index >= 15 is 0 Å². The predicted molar refractivity (Wildman–Crippen MR) is 93.2 cm³/mol. The van der Waals surface area contributed by atoms with Gasteiger partial charge in [0.15, 0.2) is 0 Å². The minimum absolute atomic E-state index is 0.360. The number of nitrogens with one attached hydrogen (secondary N) is 1. The summed E-state index contributed by atoms with van der Waals surface area (Å²) < 4.78 is 5.79. The number of quaternary nitrogens is 1. The third-order valence-corrected chi connectivity index (χ3v) is 5.48. The first kappa shape index (κ1) is 16.8. The first-order valence-electron chi connectivity index (χ1n) is 9.55. The van der Waals surface area contributed by atoms with Gasteiger partial charge in [0, 0.05) is 0 Å². The number of benzene rings is 1. The molecular formula is C20H32NO2+. The van der Waals surface area contributed by atoms with Crippen molar-refractivity contribution in [1.82, 2.24) is 0 Å². The number of hydrogen-bond acceptors (Lipinski definition) is 2. The molecule has 23 heavy (non-hydrogen) atoms. The molecule has 1 aromatic carbocycles. The summed E-state index contributed by atoms with van der Waals surface area (Å²) in [6.45, 7) is 3.63. The van der Waals surface area contributed by atoms with Gasteiger partial charge in [0.25, 0.3) is 0 Å². The van der Waals surface area contributed by atoms with Crippen LogP contribution in [-0.4, -0.2) is 37.5 Å². The molecule has 3 heteroatoms. The van der Waals surface area contributed by atoms with Gasteiger partial charge in [-0.05, 0) is 55.7 Å². The highest BCUT2D eigenvalue weighted by Crippen LogP contribution is 2.33. The van der Waals surface area contributed by atoms with Crippen LogP contribution in [0.3, 0.4) is 0 Å². The molecule has 2 fully saturated rings. The van der Waals surface area contributed by atoms with Crippen LogP contribution in [0.4, 0.5) is 0 Å². The summed E-state index contributed by atoms with van der Waals surface area (Å²) >= 11 is 0. The van der Waals surface area contributed by atoms with Crippen LogP contribution < -0.4 is 9.64 Å². The van der Waals surface area contributed by atoms with Crippen LogP contribution in [0.25, 0.3) is 0 Å². The normalized spacial score (nSPS) is 22.0. The van der Waals surface area contributed by atoms with Crippen molar-refractivity contribution >= 4 is 0 Å². The highest BCUT2D eigenvalue weighted by molar-refractivity contribution is 5.29. The number of ether oxygens (including phenoxy) is 1. The Morgan fingerprint density at radius 1 is 0.957 bits per heavy atom. The van der Waals surface area contributed by atoms with E-state index in [4.69, 9.17) is 4.74 Å². The standard InChI is InChI=1S/C20H31NO2/c22-19(15-21-13-5-2-6-14-21)16-23-20-11-9-18(10-12-20)17-7-3-1-4-8-17/h9-12,17,19,22H,1-8,13-16H2/p+1/t19-/m0/s1. The molecule has 2 N–H and O–H groups in total. The van der Waals surface area contributed by atoms with Crippen molar-refractivity contribution in [3.8, 4) is 5.75 Å². The highest BCUT2D eigenvalue weighted by Gasteiger charge is 2.18. The molecule has 0 spiro atoms. The molecule has 0 radical (unpaired) electrons. The monoisotopic (exact) mass is 318 g/mol. The maximum atomic E-state index is 10.2. The van der Waals surface area contributed by atoms with Gasteiger partial charge in [0.2, 0.25) is 0 Å². The molecule has 1 saturated heterocycles. The SMILES string of the molecule is O[C@H](COc1ccc(C2CCCCC2)cc1)C[NH+]1CCCCC1. The average molecular weight is 318 g/mol. The van der Waals surface area contributed by atoms with Gasteiger partial charge in [0.05, 0.1) is 13.1 Å². The van der Waals surface area contributed by atoms with Crippen molar-refractivity contribution in [3.63, 3.8) is 0 Å². The Kier molecular flexibility index (Phi) is 6.35. The first-order valence-corrected chi connectivity index (χ1v) is 9.55. The fourth-order valence-electron chi connectivity index (χ4n) is 4.11. The maximum Gasteiger partial charge on any atom is 0.137 e. The molecule has 0 aromatic heterocycles. The topological polar surface area (TPSA) is 33.9 Å². The van der Waals surface area contributed by atoms with Crippen LogP contribution in [0.15, 0.2) is 24.3 Å². The van der Waals surface area contributed by atoms with Crippen molar-refractivity contribution in [2.24, 2.45) is 0 Å². The van der Waals surface area contributed by atoms with E-state index in [2.05, 4.69) is 24.3 Å². The number of aliphatic hydroxyl groups is 1. The number of rotatable bonds is 6. The summed E-state index contributed by atoms with van der Waals surface area (Å²) in [5, 5.41) is 10.2. The highest BCUT2D eigenvalue weighted by atomic mass is 16.5. The van der Waals surface area contributed by atoms with E-state index in [1.807, 2.05) is 0 Å². The lowest BCUT2D eigenvalue weighted by Crippen LogP contribution is -3.14. The van der Waals surface area contributed by atoms with E-state index in [1.165, 1.54) is 74.9 Å². The van der Waals surface area contributed by atoms with E-state index in [-0.39, 0.29) is 6.10 Å². The third-order valence-electron chi connectivity index (χ3n) is 5.48. The summed E-state index contributed by atoms with van der Waals surface area (Å²) in [5.41, 5.74) is 1.45. The smallest absolute Gasteiger partial charge is 0.137 e. The minimum atomic E-state index is -0.360. The van der Waals surface area contributed by atoms with Crippen LogP contribution in [-0.2, 0) is 0 Å². The summed E-state index contributed by atoms with van der Waals surface area (Å²) in [7, 11) is 0. The summed E-state index contributed by atoms with van der Waals surface area (Å²) in [4.78, 5) is 1.53. The largest absolute Gasteiger partial charge is 0.491 e. The molecule has 0 amide bonds. The molecule has 1 heterocycles. The predicted octanol–water partition coefficient (Wildman–Crippen LogP) is 2.54. The molecule has 3 nitrogen and oxygen atoms in total. The van der Waals surface area contributed by atoms with Crippen LogP contribution in [0.1, 0.15) is 62.8 Å². The molecule has 1 aromatic rings. The number of hydrogen-bond donors (Lipinski definition) is 2. The van der Waals surface area contributed by atoms with Crippen LogP contribution in [0, 0.1) is 0 Å². The molecule has 2 aliphatic rings. The quantitative estimate of drug-likeness (QED) is 0.845. The molecule has 1 aliphatic carbocycles. The zero-order valence-corrected chi connectivity index (χ0v) is 14.3. The lowest BCUT2D eigenvalue weighted by atomic mass is 9.84. The Balaban J connectivity index is 1.42. The van der Waals surface area contributed by atoms with Crippen molar-refractivity contribution < 1.29 is 14.7 Å². The summed E-state index contributed by atoms with van der Waals surface area (Å²) in [5.74, 6) is 1.63. The Morgan fingerprint density at radius 2 is 1.61 bits per heavy atom. The second-order valence-electron chi connectivity index (χ2n) is 7.38. The van der Waals surface area contributed by atoms with Gasteiger partial charge in [-0.1, -0.05) is 31.4 Å². The molecule has 1 atom stereocenters. The number of aliphatic hydroxyl groups excluding tert-OH is 1. The van der Waals surface area contributed by atoms with Crippen molar-refractivity contribution in [2.75, 3.05) is 26.2 Å². The molecular weight excluding hydrogens is 286 g/mol. The van der Waals surface area contributed by atoms with E-state index < -0.39 is 0 Å². The van der Waals surface area contributed by atoms with E-state index in [0.29, 0.717) is 6.61 Å². The molecule has 1 saturated carbocycles. The second-order valence-corrected chi connectivity index (χ2v) is 7.38. The van der Waals surface area contributed by atoms with Gasteiger partial charge in [-0.25, -0.2) is 0 Å². The zero-order valence-electron chi connectivity index (χ0n) is 14.3. The van der Waals surface area contributed by atoms with Crippen LogP contribution in [0.5, 0.6) is 5.75 Å². The van der Waals surface area contributed by atoms with Gasteiger partial charge in [-0.2, -0.15) is 0 Å². The van der Waals surface area contributed by atoms with Crippen molar-refractivity contribution in [2.45, 2.75) is 63.4 Å². The summed E-state index contributed by atoms with van der Waals surface area (Å²) in [6, 6.07) is 8.58. The maximum absolute atomic E-state index is 10.2. The van der Waals surface area contributed by atoms with E-state index in [0.717, 1.165) is 18.2 Å². The van der Waals surface area contributed by atoms with Crippen molar-refractivity contribution in [3.05, 3.63) is 29.8 Å². The Labute approximate surface area is 140 Å². The Morgan fingerprint density at radius 3 is 2.30 bits per heavy atom. The van der Waals surface area contributed by atoms with Crippen LogP contribution >= 0.6 is 0 Å². The van der Waals surface area contributed by atoms with E-state index in [9.17, 15) is 5.11 Å². The Hall–Kier alpha value is -1.06. The summed E-state index contributed by atoms with van der Waals surface area (Å²) in [6.07, 6.45) is 10.4. The van der Waals surface area contributed by atoms with Gasteiger partial charge in [-0.3, -0.25) is 0 Å². The molecule has 1 aliphatic heterocycles. The number of likely N-dealkylation sites (tertiary alicyclic amines) is 1. The zero-order chi connectivity index (χ0) is 15.9. The lowest BCUT2D eigenvalue weighted by Gasteiger charge is -2.25. The van der Waals surface area contributed by atoms with Gasteiger partial charge < -0.3 is 14.7 Å². The third kappa shape index (κ3) is 5.22. The second kappa shape index (κ2) is 8.70. The number of piperidine rings is 1. The fraction of sp³-hybridized carbons (Fsp3) is 0.700. The van der Waals surface area contributed by atoms with Gasteiger partial charge in [0.1, 0.15) is 25.0 Å². The molecule has 0 unspecified atom stereocenters. The first-order chi connectivity index (χ1) is 11.3. The van der Waals surface area contributed by atoms with E-state index in [1.54, 1.807) is 0 Å². The lowest BCUT2D eigenvalue weighted by molar-refractivity contribution is -0.908. The fourth-order valence-corrected chi connectivity index (χ4v) is 4.11. The minimum Gasteiger partial charge on any atom is -0.491 e. The average Bonchev–Trinajstić information content (AvgIpc) is 2.62. The van der Waals surface area contributed by atoms with Crippen molar-refractivity contribution in [1.29, 1.82) is 0 Å². The Bertz CT molecular complexity index is 447.